The molecule has 0 radical (unpaired) electrons. The number of carbonyl (C=O) groups is 1. The number of nitrogens with one attached hydrogen (secondary N) is 2. The molecule has 2 fully saturated rings. The van der Waals surface area contributed by atoms with E-state index in [2.05, 4.69) is 32.4 Å². The molecular formula is C12H19N5O. The van der Waals surface area contributed by atoms with Gasteiger partial charge in [-0.3, -0.25) is 9.89 Å². The predicted octanol–water partition coefficient (Wildman–Crippen LogP) is 0.550. The van der Waals surface area contributed by atoms with Crippen molar-refractivity contribution >= 4 is 5.91 Å². The van der Waals surface area contributed by atoms with Crippen LogP contribution < -0.4 is 5.32 Å². The van der Waals surface area contributed by atoms with Crippen molar-refractivity contribution in [3.8, 4) is 0 Å². The van der Waals surface area contributed by atoms with Gasteiger partial charge in [0.1, 0.15) is 6.33 Å². The largest absolute Gasteiger partial charge is 0.346 e. The Hall–Kier alpha value is -1.43. The lowest BCUT2D eigenvalue weighted by Crippen LogP contribution is -2.55. The van der Waals surface area contributed by atoms with Crippen LogP contribution in [0, 0.1) is 0 Å². The normalized spacial score (nSPS) is 32.2. The molecule has 0 saturated carbocycles. The number of aromatic nitrogens is 3. The lowest BCUT2D eigenvalue weighted by atomic mass is 9.82. The van der Waals surface area contributed by atoms with E-state index < -0.39 is 0 Å². The predicted molar refractivity (Wildman–Crippen MR) is 66.1 cm³/mol. The maximum absolute atomic E-state index is 11.9. The molecule has 98 valence electrons. The van der Waals surface area contributed by atoms with Crippen LogP contribution in [0.15, 0.2) is 6.33 Å². The van der Waals surface area contributed by atoms with Crippen LogP contribution in [0.3, 0.4) is 0 Å². The average Bonchev–Trinajstić information content (AvgIpc) is 2.84. The van der Waals surface area contributed by atoms with Gasteiger partial charge in [-0.25, -0.2) is 4.98 Å². The highest BCUT2D eigenvalue weighted by molar-refractivity contribution is 5.90. The van der Waals surface area contributed by atoms with E-state index >= 15 is 0 Å². The van der Waals surface area contributed by atoms with Gasteiger partial charge in [0, 0.05) is 18.1 Å². The molecule has 2 aliphatic heterocycles. The summed E-state index contributed by atoms with van der Waals surface area (Å²) < 4.78 is 0. The molecule has 1 aromatic rings. The highest BCUT2D eigenvalue weighted by Crippen LogP contribution is 2.32. The smallest absolute Gasteiger partial charge is 0.288 e. The second-order valence-electron chi connectivity index (χ2n) is 5.38. The summed E-state index contributed by atoms with van der Waals surface area (Å²) in [6.07, 6.45) is 7.28. The number of piperidine rings is 2. The van der Waals surface area contributed by atoms with Gasteiger partial charge in [-0.05, 0) is 32.7 Å². The Bertz CT molecular complexity index is 404. The minimum absolute atomic E-state index is 0.139. The molecule has 0 aliphatic carbocycles. The highest BCUT2D eigenvalue weighted by Gasteiger charge is 2.36. The van der Waals surface area contributed by atoms with E-state index in [1.165, 1.54) is 25.6 Å². The van der Waals surface area contributed by atoms with Gasteiger partial charge in [0.25, 0.3) is 5.91 Å². The van der Waals surface area contributed by atoms with E-state index in [4.69, 9.17) is 0 Å². The lowest BCUT2D eigenvalue weighted by Gasteiger charge is -2.47. The third-order valence-corrected chi connectivity index (χ3v) is 4.31. The van der Waals surface area contributed by atoms with Gasteiger partial charge in [0.05, 0.1) is 0 Å². The fourth-order valence-corrected chi connectivity index (χ4v) is 3.30. The van der Waals surface area contributed by atoms with Crippen molar-refractivity contribution < 1.29 is 4.79 Å². The van der Waals surface area contributed by atoms with E-state index in [1.807, 2.05) is 0 Å². The van der Waals surface area contributed by atoms with Gasteiger partial charge in [-0.1, -0.05) is 6.42 Å². The molecule has 2 unspecified atom stereocenters. The minimum atomic E-state index is -0.139. The van der Waals surface area contributed by atoms with Crippen molar-refractivity contribution in [3.05, 3.63) is 12.2 Å². The highest BCUT2D eigenvalue weighted by atomic mass is 16.2. The van der Waals surface area contributed by atoms with Crippen LogP contribution in [-0.2, 0) is 0 Å². The van der Waals surface area contributed by atoms with Crippen LogP contribution in [0.2, 0.25) is 0 Å². The van der Waals surface area contributed by atoms with Gasteiger partial charge in [0.15, 0.2) is 0 Å². The fraction of sp³-hybridized carbons (Fsp3) is 0.750. The maximum atomic E-state index is 11.9. The zero-order valence-corrected chi connectivity index (χ0v) is 10.6. The van der Waals surface area contributed by atoms with E-state index in [9.17, 15) is 4.79 Å². The maximum Gasteiger partial charge on any atom is 0.288 e. The second-order valence-corrected chi connectivity index (χ2v) is 5.38. The summed E-state index contributed by atoms with van der Waals surface area (Å²) in [6.45, 7) is 0. The third-order valence-electron chi connectivity index (χ3n) is 4.31. The minimum Gasteiger partial charge on any atom is -0.346 e. The number of aromatic amines is 1. The van der Waals surface area contributed by atoms with Crippen molar-refractivity contribution in [2.24, 2.45) is 0 Å². The second kappa shape index (κ2) is 4.68. The Morgan fingerprint density at radius 2 is 2.17 bits per heavy atom. The van der Waals surface area contributed by atoms with Crippen LogP contribution in [0.25, 0.3) is 0 Å². The molecule has 0 aromatic carbocycles. The first kappa shape index (κ1) is 11.6. The third kappa shape index (κ3) is 2.12. The first-order chi connectivity index (χ1) is 8.74. The molecule has 2 aliphatic rings. The van der Waals surface area contributed by atoms with Crippen molar-refractivity contribution in [2.75, 3.05) is 7.05 Å². The van der Waals surface area contributed by atoms with Crippen LogP contribution >= 0.6 is 0 Å². The molecule has 3 heterocycles. The summed E-state index contributed by atoms with van der Waals surface area (Å²) in [5, 5.41) is 9.37. The summed E-state index contributed by atoms with van der Waals surface area (Å²) in [7, 11) is 2.21. The molecule has 2 N–H and O–H groups in total. The monoisotopic (exact) mass is 249 g/mol. The molecule has 1 amide bonds. The van der Waals surface area contributed by atoms with Crippen molar-refractivity contribution in [2.45, 2.75) is 50.2 Å². The number of fused-ring (bicyclic) bond motifs is 2. The zero-order chi connectivity index (χ0) is 12.5. The van der Waals surface area contributed by atoms with Crippen LogP contribution in [0.5, 0.6) is 0 Å². The molecule has 2 bridgehead atoms. The van der Waals surface area contributed by atoms with Crippen molar-refractivity contribution in [1.82, 2.24) is 25.4 Å². The van der Waals surface area contributed by atoms with Crippen molar-refractivity contribution in [3.63, 3.8) is 0 Å². The molecule has 18 heavy (non-hydrogen) atoms. The molecule has 2 saturated heterocycles. The van der Waals surface area contributed by atoms with E-state index in [0.29, 0.717) is 17.9 Å². The summed E-state index contributed by atoms with van der Waals surface area (Å²) in [6, 6.07) is 1.52. The molecule has 6 nitrogen and oxygen atoms in total. The average molecular weight is 249 g/mol. The molecular weight excluding hydrogens is 230 g/mol. The SMILES string of the molecule is CN1C2CCCC1CC(NC(=O)c1ncn[nH]1)C2. The summed E-state index contributed by atoms with van der Waals surface area (Å²) in [5.41, 5.74) is 0. The summed E-state index contributed by atoms with van der Waals surface area (Å²) in [5.74, 6) is 0.166. The number of amides is 1. The fourth-order valence-electron chi connectivity index (χ4n) is 3.30. The molecule has 0 spiro atoms. The standard InChI is InChI=1S/C12H19N5O/c1-17-9-3-2-4-10(17)6-8(5-9)15-12(18)11-13-7-14-16-11/h7-10H,2-6H2,1H3,(H,15,18)(H,13,14,16). The Labute approximate surface area is 106 Å². The van der Waals surface area contributed by atoms with E-state index in [0.717, 1.165) is 12.8 Å². The number of H-pyrrole nitrogens is 1. The van der Waals surface area contributed by atoms with E-state index in [-0.39, 0.29) is 11.9 Å². The lowest BCUT2D eigenvalue weighted by molar-refractivity contribution is 0.0461. The number of rotatable bonds is 2. The van der Waals surface area contributed by atoms with Gasteiger partial charge in [-0.15, -0.1) is 0 Å². The molecule has 3 rings (SSSR count). The summed E-state index contributed by atoms with van der Waals surface area (Å²) >= 11 is 0. The number of hydrogen-bond acceptors (Lipinski definition) is 4. The van der Waals surface area contributed by atoms with Crippen molar-refractivity contribution in [1.29, 1.82) is 0 Å². The molecule has 6 heteroatoms. The first-order valence-corrected chi connectivity index (χ1v) is 6.62. The Morgan fingerprint density at radius 3 is 2.78 bits per heavy atom. The van der Waals surface area contributed by atoms with Gasteiger partial charge in [0.2, 0.25) is 5.82 Å². The van der Waals surface area contributed by atoms with Gasteiger partial charge < -0.3 is 10.2 Å². The van der Waals surface area contributed by atoms with Crippen LogP contribution in [-0.4, -0.2) is 51.2 Å². The quantitative estimate of drug-likeness (QED) is 0.802. The Morgan fingerprint density at radius 1 is 1.44 bits per heavy atom. The Kier molecular flexibility index (Phi) is 3.03. The van der Waals surface area contributed by atoms with E-state index in [1.54, 1.807) is 0 Å². The Balaban J connectivity index is 1.63. The molecule has 2 atom stereocenters. The topological polar surface area (TPSA) is 73.9 Å². The number of carbonyl (C=O) groups excluding carboxylic acids is 1. The number of nitrogens with zero attached hydrogens (tertiary/aromatic N) is 3. The van der Waals surface area contributed by atoms with Gasteiger partial charge in [-0.2, -0.15) is 5.10 Å². The van der Waals surface area contributed by atoms with Gasteiger partial charge >= 0.3 is 0 Å². The number of hydrogen-bond donors (Lipinski definition) is 2. The van der Waals surface area contributed by atoms with Crippen LogP contribution in [0.1, 0.15) is 42.7 Å². The zero-order valence-electron chi connectivity index (χ0n) is 10.6. The molecule has 1 aromatic heterocycles. The van der Waals surface area contributed by atoms with Crippen LogP contribution in [0.4, 0.5) is 0 Å². The summed E-state index contributed by atoms with van der Waals surface area (Å²) in [4.78, 5) is 18.3. The first-order valence-electron chi connectivity index (χ1n) is 6.62.